The molecule has 0 bridgehead atoms. The maximum atomic E-state index is 10.8. The number of ether oxygens (including phenoxy) is 1. The molecular formula is C14H19ClO3. The average Bonchev–Trinajstić information content (AvgIpc) is 2.25. The van der Waals surface area contributed by atoms with Crippen LogP contribution in [0.15, 0.2) is 6.07 Å². The number of hydrogen-bond donors (Lipinski definition) is 1. The van der Waals surface area contributed by atoms with Crippen LogP contribution in [-0.4, -0.2) is 17.7 Å². The fourth-order valence-corrected chi connectivity index (χ4v) is 2.34. The van der Waals surface area contributed by atoms with Crippen molar-refractivity contribution < 1.29 is 14.6 Å². The molecular weight excluding hydrogens is 252 g/mol. The lowest BCUT2D eigenvalue weighted by Crippen LogP contribution is -2.08. The molecule has 0 aliphatic carbocycles. The Morgan fingerprint density at radius 3 is 2.61 bits per heavy atom. The molecule has 0 aromatic heterocycles. The van der Waals surface area contributed by atoms with E-state index in [1.54, 1.807) is 0 Å². The van der Waals surface area contributed by atoms with Crippen LogP contribution >= 0.6 is 11.6 Å². The highest BCUT2D eigenvalue weighted by molar-refractivity contribution is 6.32. The van der Waals surface area contributed by atoms with Gasteiger partial charge in [0.25, 0.3) is 0 Å². The Morgan fingerprint density at radius 1 is 1.50 bits per heavy atom. The van der Waals surface area contributed by atoms with E-state index in [0.717, 1.165) is 22.4 Å². The second kappa shape index (κ2) is 6.10. The van der Waals surface area contributed by atoms with Crippen molar-refractivity contribution >= 4 is 17.6 Å². The maximum absolute atomic E-state index is 10.8. The zero-order valence-corrected chi connectivity index (χ0v) is 12.0. The summed E-state index contributed by atoms with van der Waals surface area (Å²) in [6, 6.07) is 1.88. The first-order chi connectivity index (χ1) is 8.38. The van der Waals surface area contributed by atoms with Gasteiger partial charge in [0.05, 0.1) is 13.0 Å². The largest absolute Gasteiger partial charge is 0.494 e. The van der Waals surface area contributed by atoms with Crippen molar-refractivity contribution in [2.45, 2.75) is 40.0 Å². The third-order valence-corrected chi connectivity index (χ3v) is 3.55. The highest BCUT2D eigenvalue weighted by atomic mass is 35.5. The van der Waals surface area contributed by atoms with Crippen LogP contribution in [0.25, 0.3) is 0 Å². The Bertz CT molecular complexity index is 455. The Morgan fingerprint density at radius 2 is 2.11 bits per heavy atom. The summed E-state index contributed by atoms with van der Waals surface area (Å²) in [5, 5.41) is 9.59. The van der Waals surface area contributed by atoms with Gasteiger partial charge in [0, 0.05) is 10.6 Å². The Kier molecular flexibility index (Phi) is 5.03. The topological polar surface area (TPSA) is 46.5 Å². The number of carboxylic acids is 1. The summed E-state index contributed by atoms with van der Waals surface area (Å²) in [7, 11) is 0. The van der Waals surface area contributed by atoms with E-state index in [-0.39, 0.29) is 12.3 Å². The van der Waals surface area contributed by atoms with E-state index in [4.69, 9.17) is 21.4 Å². The third-order valence-electron chi connectivity index (χ3n) is 2.97. The molecule has 1 atom stereocenters. The Balaban J connectivity index is 3.29. The fraction of sp³-hybridized carbons (Fsp3) is 0.500. The molecule has 0 amide bonds. The SMILES string of the molecule is CCOc1cc(C)c(Cl)c(C)c1C(C)CC(=O)O. The summed E-state index contributed by atoms with van der Waals surface area (Å²) in [6.45, 7) is 8.16. The molecule has 1 aromatic carbocycles. The van der Waals surface area contributed by atoms with E-state index in [9.17, 15) is 4.79 Å². The lowest BCUT2D eigenvalue weighted by Gasteiger charge is -2.20. The number of carboxylic acid groups (broad SMARTS) is 1. The van der Waals surface area contributed by atoms with E-state index in [0.29, 0.717) is 11.6 Å². The molecule has 0 spiro atoms. The van der Waals surface area contributed by atoms with Crippen molar-refractivity contribution in [3.8, 4) is 5.75 Å². The average molecular weight is 271 g/mol. The molecule has 1 N–H and O–H groups in total. The molecule has 100 valence electrons. The van der Waals surface area contributed by atoms with Crippen LogP contribution in [0.3, 0.4) is 0 Å². The summed E-state index contributed by atoms with van der Waals surface area (Å²) < 4.78 is 5.60. The molecule has 1 unspecified atom stereocenters. The lowest BCUT2D eigenvalue weighted by atomic mass is 9.91. The molecule has 0 fully saturated rings. The van der Waals surface area contributed by atoms with Crippen LogP contribution in [0, 0.1) is 13.8 Å². The zero-order chi connectivity index (χ0) is 13.9. The molecule has 4 heteroatoms. The minimum absolute atomic E-state index is 0.0697. The number of aliphatic carboxylic acids is 1. The zero-order valence-electron chi connectivity index (χ0n) is 11.2. The van der Waals surface area contributed by atoms with Gasteiger partial charge in [-0.3, -0.25) is 4.79 Å². The van der Waals surface area contributed by atoms with Gasteiger partial charge in [-0.15, -0.1) is 0 Å². The molecule has 0 heterocycles. The summed E-state index contributed by atoms with van der Waals surface area (Å²) in [4.78, 5) is 10.8. The lowest BCUT2D eigenvalue weighted by molar-refractivity contribution is -0.137. The highest BCUT2D eigenvalue weighted by Crippen LogP contribution is 2.37. The standard InChI is InChI=1S/C14H19ClO3/c1-5-18-11-6-9(3)14(15)10(4)13(11)8(2)7-12(16)17/h6,8H,5,7H2,1-4H3,(H,16,17). The van der Waals surface area contributed by atoms with Crippen LogP contribution in [0.5, 0.6) is 5.75 Å². The number of rotatable bonds is 5. The monoisotopic (exact) mass is 270 g/mol. The van der Waals surface area contributed by atoms with Crippen LogP contribution in [-0.2, 0) is 4.79 Å². The number of benzene rings is 1. The van der Waals surface area contributed by atoms with E-state index >= 15 is 0 Å². The van der Waals surface area contributed by atoms with Gasteiger partial charge in [-0.05, 0) is 43.9 Å². The van der Waals surface area contributed by atoms with Crippen molar-refractivity contribution in [1.29, 1.82) is 0 Å². The summed E-state index contributed by atoms with van der Waals surface area (Å²) in [5.74, 6) is -0.200. The van der Waals surface area contributed by atoms with E-state index in [1.165, 1.54) is 0 Å². The Hall–Kier alpha value is -1.22. The van der Waals surface area contributed by atoms with Crippen LogP contribution in [0.2, 0.25) is 5.02 Å². The molecule has 0 saturated carbocycles. The third kappa shape index (κ3) is 3.16. The van der Waals surface area contributed by atoms with Crippen molar-refractivity contribution in [3.05, 3.63) is 27.8 Å². The van der Waals surface area contributed by atoms with Crippen LogP contribution in [0.1, 0.15) is 42.9 Å². The second-order valence-corrected chi connectivity index (χ2v) is 4.85. The van der Waals surface area contributed by atoms with Gasteiger partial charge in [-0.2, -0.15) is 0 Å². The molecule has 0 saturated heterocycles. The van der Waals surface area contributed by atoms with Crippen molar-refractivity contribution in [2.24, 2.45) is 0 Å². The molecule has 1 rings (SSSR count). The second-order valence-electron chi connectivity index (χ2n) is 4.48. The predicted octanol–water partition coefficient (Wildman–Crippen LogP) is 3.93. The minimum atomic E-state index is -0.818. The number of aryl methyl sites for hydroxylation is 1. The van der Waals surface area contributed by atoms with Gasteiger partial charge in [0.15, 0.2) is 0 Å². The maximum Gasteiger partial charge on any atom is 0.303 e. The van der Waals surface area contributed by atoms with Gasteiger partial charge in [0.2, 0.25) is 0 Å². The van der Waals surface area contributed by atoms with Gasteiger partial charge in [-0.1, -0.05) is 18.5 Å². The van der Waals surface area contributed by atoms with Crippen molar-refractivity contribution in [3.63, 3.8) is 0 Å². The number of carbonyl (C=O) groups is 1. The van der Waals surface area contributed by atoms with Crippen LogP contribution in [0.4, 0.5) is 0 Å². The van der Waals surface area contributed by atoms with Gasteiger partial charge in [0.1, 0.15) is 5.75 Å². The number of hydrogen-bond acceptors (Lipinski definition) is 2. The van der Waals surface area contributed by atoms with E-state index in [1.807, 2.05) is 33.8 Å². The van der Waals surface area contributed by atoms with Crippen molar-refractivity contribution in [2.75, 3.05) is 6.61 Å². The van der Waals surface area contributed by atoms with Gasteiger partial charge < -0.3 is 9.84 Å². The first kappa shape index (κ1) is 14.8. The minimum Gasteiger partial charge on any atom is -0.494 e. The normalized spacial score (nSPS) is 12.3. The molecule has 0 aliphatic heterocycles. The highest BCUT2D eigenvalue weighted by Gasteiger charge is 2.20. The quantitative estimate of drug-likeness (QED) is 0.882. The molecule has 0 radical (unpaired) electrons. The molecule has 0 aliphatic rings. The summed E-state index contributed by atoms with van der Waals surface area (Å²) >= 11 is 6.23. The smallest absolute Gasteiger partial charge is 0.303 e. The van der Waals surface area contributed by atoms with Gasteiger partial charge in [-0.25, -0.2) is 0 Å². The fourth-order valence-electron chi connectivity index (χ4n) is 2.19. The first-order valence-electron chi connectivity index (χ1n) is 6.02. The summed E-state index contributed by atoms with van der Waals surface area (Å²) in [5.41, 5.74) is 2.76. The molecule has 18 heavy (non-hydrogen) atoms. The molecule has 1 aromatic rings. The number of halogens is 1. The Labute approximate surface area is 113 Å². The summed E-state index contributed by atoms with van der Waals surface area (Å²) in [6.07, 6.45) is 0.0697. The first-order valence-corrected chi connectivity index (χ1v) is 6.40. The van der Waals surface area contributed by atoms with Gasteiger partial charge >= 0.3 is 5.97 Å². The predicted molar refractivity (Wildman–Crippen MR) is 72.8 cm³/mol. The van der Waals surface area contributed by atoms with E-state index < -0.39 is 5.97 Å². The van der Waals surface area contributed by atoms with Crippen molar-refractivity contribution in [1.82, 2.24) is 0 Å². The molecule has 3 nitrogen and oxygen atoms in total. The van der Waals surface area contributed by atoms with Crippen LogP contribution < -0.4 is 4.74 Å². The van der Waals surface area contributed by atoms with E-state index in [2.05, 4.69) is 0 Å².